The molecule has 0 atom stereocenters. The van der Waals surface area contributed by atoms with Gasteiger partial charge in [0.1, 0.15) is 17.3 Å². The number of hydrazine groups is 1. The van der Waals surface area contributed by atoms with Crippen LogP contribution in [0.4, 0.5) is 25.8 Å². The van der Waals surface area contributed by atoms with Crippen LogP contribution < -0.4 is 21.3 Å². The fourth-order valence-corrected chi connectivity index (χ4v) is 2.98. The molecule has 8 heteroatoms. The van der Waals surface area contributed by atoms with E-state index < -0.39 is 17.2 Å². The Balaban J connectivity index is 1.69. The third-order valence-electron chi connectivity index (χ3n) is 4.54. The van der Waals surface area contributed by atoms with Crippen LogP contribution in [-0.2, 0) is 0 Å². The highest BCUT2D eigenvalue weighted by Gasteiger charge is 2.18. The number of nitrogens with zero attached hydrogens (tertiary/aromatic N) is 1. The number of nitrogens with one attached hydrogen (secondary N) is 4. The van der Waals surface area contributed by atoms with Crippen molar-refractivity contribution in [3.8, 4) is 0 Å². The lowest BCUT2D eigenvalue weighted by molar-refractivity contribution is 0.515. The summed E-state index contributed by atoms with van der Waals surface area (Å²) < 4.78 is 28.0. The van der Waals surface area contributed by atoms with Crippen molar-refractivity contribution in [2.24, 2.45) is 0 Å². The van der Waals surface area contributed by atoms with Crippen LogP contribution in [0.2, 0.25) is 0 Å². The highest BCUT2D eigenvalue weighted by molar-refractivity contribution is 6.14. The van der Waals surface area contributed by atoms with E-state index in [-0.39, 0.29) is 22.6 Å². The molecule has 142 valence electrons. The molecule has 1 aliphatic heterocycles. The molecular weight excluding hydrogens is 364 g/mol. The molecule has 1 fully saturated rings. The molecule has 4 rings (SSSR count). The second kappa shape index (κ2) is 7.24. The van der Waals surface area contributed by atoms with Crippen molar-refractivity contribution < 1.29 is 8.78 Å². The van der Waals surface area contributed by atoms with Gasteiger partial charge in [0.25, 0.3) is 5.56 Å². The van der Waals surface area contributed by atoms with Crippen LogP contribution in [0.25, 0.3) is 0 Å². The van der Waals surface area contributed by atoms with Crippen LogP contribution in [0.3, 0.4) is 0 Å². The first-order chi connectivity index (χ1) is 13.5. The molecule has 6 nitrogen and oxygen atoms in total. The van der Waals surface area contributed by atoms with Gasteiger partial charge in [-0.05, 0) is 30.3 Å². The standard InChI is InChI=1S/C20H17F2N5O/c21-14-2-1-3-15(22)19(14)26-16-8-9-24-20(28)17(16)18(23)12-4-6-13(7-5-12)27-11-10-25-27/h1-9,23,25H,10-11H2,(H2,24,26,28). The molecule has 2 aromatic carbocycles. The number of anilines is 3. The zero-order chi connectivity index (χ0) is 19.7. The minimum absolute atomic E-state index is 0.0000201. The molecule has 0 radical (unpaired) electrons. The fraction of sp³-hybridized carbons (Fsp3) is 0.100. The molecule has 1 aliphatic rings. The van der Waals surface area contributed by atoms with E-state index in [2.05, 4.69) is 15.7 Å². The maximum atomic E-state index is 14.0. The highest BCUT2D eigenvalue weighted by atomic mass is 19.1. The lowest BCUT2D eigenvalue weighted by Crippen LogP contribution is -2.53. The van der Waals surface area contributed by atoms with Crippen LogP contribution in [0, 0.1) is 17.0 Å². The topological polar surface area (TPSA) is 84.0 Å². The number of rotatable bonds is 5. The molecule has 0 bridgehead atoms. The summed E-state index contributed by atoms with van der Waals surface area (Å²) in [4.78, 5) is 14.9. The average Bonchev–Trinajstić information content (AvgIpc) is 2.64. The van der Waals surface area contributed by atoms with E-state index >= 15 is 0 Å². The first-order valence-corrected chi connectivity index (χ1v) is 8.68. The molecule has 0 amide bonds. The number of benzene rings is 2. The van der Waals surface area contributed by atoms with Gasteiger partial charge >= 0.3 is 0 Å². The zero-order valence-electron chi connectivity index (χ0n) is 14.7. The van der Waals surface area contributed by atoms with Crippen LogP contribution >= 0.6 is 0 Å². The Morgan fingerprint density at radius 1 is 1.07 bits per heavy atom. The maximum Gasteiger partial charge on any atom is 0.259 e. The van der Waals surface area contributed by atoms with E-state index in [0.717, 1.165) is 30.9 Å². The lowest BCUT2D eigenvalue weighted by Gasteiger charge is -2.34. The predicted octanol–water partition coefficient (Wildman–Crippen LogP) is 3.14. The van der Waals surface area contributed by atoms with Crippen LogP contribution in [0.5, 0.6) is 0 Å². The van der Waals surface area contributed by atoms with Gasteiger partial charge in [-0.1, -0.05) is 18.2 Å². The van der Waals surface area contributed by atoms with Crippen molar-refractivity contribution in [2.75, 3.05) is 23.4 Å². The molecule has 1 saturated heterocycles. The van der Waals surface area contributed by atoms with Crippen LogP contribution in [-0.4, -0.2) is 23.8 Å². The number of hydrogen-bond acceptors (Lipinski definition) is 5. The Morgan fingerprint density at radius 3 is 2.36 bits per heavy atom. The van der Waals surface area contributed by atoms with Gasteiger partial charge in [0.2, 0.25) is 0 Å². The van der Waals surface area contributed by atoms with E-state index in [0.29, 0.717) is 5.56 Å². The van der Waals surface area contributed by atoms with Crippen molar-refractivity contribution in [1.82, 2.24) is 10.4 Å². The Hall–Kier alpha value is -3.52. The average molecular weight is 381 g/mol. The van der Waals surface area contributed by atoms with Gasteiger partial charge in [0.05, 0.1) is 22.6 Å². The second-order valence-corrected chi connectivity index (χ2v) is 6.30. The molecular formula is C20H17F2N5O. The molecule has 4 N–H and O–H groups in total. The number of hydrogen-bond donors (Lipinski definition) is 4. The quantitative estimate of drug-likeness (QED) is 0.512. The molecule has 0 unspecified atom stereocenters. The fourth-order valence-electron chi connectivity index (χ4n) is 2.98. The van der Waals surface area contributed by atoms with E-state index in [9.17, 15) is 13.6 Å². The summed E-state index contributed by atoms with van der Waals surface area (Å²) >= 11 is 0. The largest absolute Gasteiger partial charge is 0.350 e. The van der Waals surface area contributed by atoms with Crippen molar-refractivity contribution in [1.29, 1.82) is 5.41 Å². The summed E-state index contributed by atoms with van der Waals surface area (Å²) in [6.07, 6.45) is 1.36. The molecule has 28 heavy (non-hydrogen) atoms. The monoisotopic (exact) mass is 381 g/mol. The molecule has 0 aliphatic carbocycles. The Bertz CT molecular complexity index is 1070. The highest BCUT2D eigenvalue weighted by Crippen LogP contribution is 2.26. The summed E-state index contributed by atoms with van der Waals surface area (Å²) in [6.45, 7) is 1.82. The van der Waals surface area contributed by atoms with Crippen molar-refractivity contribution in [2.45, 2.75) is 0 Å². The van der Waals surface area contributed by atoms with E-state index in [1.54, 1.807) is 12.1 Å². The van der Waals surface area contributed by atoms with Gasteiger partial charge in [-0.25, -0.2) is 14.2 Å². The molecule has 0 saturated carbocycles. The van der Waals surface area contributed by atoms with Crippen LogP contribution in [0.15, 0.2) is 59.5 Å². The summed E-state index contributed by atoms with van der Waals surface area (Å²) in [5.41, 5.74) is 3.80. The lowest BCUT2D eigenvalue weighted by atomic mass is 10.0. The van der Waals surface area contributed by atoms with Gasteiger partial charge in [0.15, 0.2) is 0 Å². The van der Waals surface area contributed by atoms with E-state index in [1.165, 1.54) is 18.3 Å². The van der Waals surface area contributed by atoms with Crippen molar-refractivity contribution >= 4 is 22.8 Å². The maximum absolute atomic E-state index is 14.0. The van der Waals surface area contributed by atoms with Gasteiger partial charge < -0.3 is 15.3 Å². The number of aromatic amines is 1. The predicted molar refractivity (Wildman–Crippen MR) is 104 cm³/mol. The number of pyridine rings is 1. The summed E-state index contributed by atoms with van der Waals surface area (Å²) in [5, 5.41) is 13.1. The summed E-state index contributed by atoms with van der Waals surface area (Å²) in [6, 6.07) is 12.1. The summed E-state index contributed by atoms with van der Waals surface area (Å²) in [5.74, 6) is -1.58. The Kier molecular flexibility index (Phi) is 4.62. The molecule has 1 aromatic heterocycles. The minimum atomic E-state index is -0.788. The van der Waals surface area contributed by atoms with E-state index in [1.807, 2.05) is 17.1 Å². The van der Waals surface area contributed by atoms with Gasteiger partial charge in [-0.2, -0.15) is 0 Å². The molecule has 3 aromatic rings. The number of halogens is 2. The molecule has 2 heterocycles. The van der Waals surface area contributed by atoms with Crippen molar-refractivity contribution in [3.63, 3.8) is 0 Å². The zero-order valence-corrected chi connectivity index (χ0v) is 14.7. The number of aromatic nitrogens is 1. The number of para-hydroxylation sites is 1. The SMILES string of the molecule is N=C(c1ccc(N2CCN2)cc1)c1c(Nc2c(F)cccc2F)cc[nH]c1=O. The smallest absolute Gasteiger partial charge is 0.259 e. The first kappa shape index (κ1) is 17.9. The van der Waals surface area contributed by atoms with Gasteiger partial charge in [-0.3, -0.25) is 10.2 Å². The minimum Gasteiger partial charge on any atom is -0.350 e. The number of H-pyrrole nitrogens is 1. The molecule has 0 spiro atoms. The Labute approximate surface area is 159 Å². The first-order valence-electron chi connectivity index (χ1n) is 8.68. The third-order valence-corrected chi connectivity index (χ3v) is 4.54. The third kappa shape index (κ3) is 3.25. The van der Waals surface area contributed by atoms with Gasteiger partial charge in [-0.15, -0.1) is 0 Å². The summed E-state index contributed by atoms with van der Waals surface area (Å²) in [7, 11) is 0. The van der Waals surface area contributed by atoms with Crippen LogP contribution in [0.1, 0.15) is 11.1 Å². The normalized spacial score (nSPS) is 13.1. The van der Waals surface area contributed by atoms with Crippen molar-refractivity contribution in [3.05, 3.63) is 87.8 Å². The van der Waals surface area contributed by atoms with E-state index in [4.69, 9.17) is 5.41 Å². The Morgan fingerprint density at radius 2 is 1.75 bits per heavy atom. The second-order valence-electron chi connectivity index (χ2n) is 6.30. The van der Waals surface area contributed by atoms with Gasteiger partial charge in [0, 0.05) is 24.8 Å².